The summed E-state index contributed by atoms with van der Waals surface area (Å²) in [6.07, 6.45) is 2.01. The summed E-state index contributed by atoms with van der Waals surface area (Å²) in [5, 5.41) is 14.1. The molecule has 1 heterocycles. The highest BCUT2D eigenvalue weighted by Gasteiger charge is 2.26. The molecule has 136 valence electrons. The second kappa shape index (κ2) is 7.51. The smallest absolute Gasteiger partial charge is 0.406 e. The summed E-state index contributed by atoms with van der Waals surface area (Å²) in [5.74, 6) is -0.693. The van der Waals surface area contributed by atoms with Crippen LogP contribution in [0.1, 0.15) is 42.6 Å². The highest BCUT2D eigenvalue weighted by Crippen LogP contribution is 2.30. The maximum atomic E-state index is 12.5. The number of amides is 1. The number of carbonyl (C=O) groups excluding carboxylic acids is 1. The van der Waals surface area contributed by atoms with Crippen LogP contribution in [0.4, 0.5) is 5.82 Å². The molecule has 1 N–H and O–H groups in total. The Labute approximate surface area is 151 Å². The van der Waals surface area contributed by atoms with E-state index in [-0.39, 0.29) is 23.5 Å². The Bertz CT molecular complexity index is 837. The molecule has 0 saturated carbocycles. The fourth-order valence-corrected chi connectivity index (χ4v) is 3.19. The largest absolute Gasteiger partial charge is 0.473 e. The number of aromatic nitrogens is 1. The Kier molecular flexibility index (Phi) is 5.16. The number of ether oxygens (including phenoxy) is 1. The third-order valence-electron chi connectivity index (χ3n) is 4.51. The third-order valence-corrected chi connectivity index (χ3v) is 4.51. The van der Waals surface area contributed by atoms with Crippen molar-refractivity contribution in [2.45, 2.75) is 45.3 Å². The Morgan fingerprint density at radius 2 is 2.12 bits per heavy atom. The molecule has 1 amide bonds. The highest BCUT2D eigenvalue weighted by atomic mass is 16.6. The van der Waals surface area contributed by atoms with E-state index in [9.17, 15) is 14.9 Å². The van der Waals surface area contributed by atoms with Crippen molar-refractivity contribution in [2.24, 2.45) is 0 Å². The van der Waals surface area contributed by atoms with E-state index in [0.717, 1.165) is 24.8 Å². The number of nitrogens with one attached hydrogen (secondary N) is 1. The van der Waals surface area contributed by atoms with Crippen molar-refractivity contribution >= 4 is 11.7 Å². The number of rotatable bonds is 5. The van der Waals surface area contributed by atoms with E-state index >= 15 is 0 Å². The van der Waals surface area contributed by atoms with Crippen molar-refractivity contribution in [3.8, 4) is 5.75 Å². The van der Waals surface area contributed by atoms with Gasteiger partial charge in [-0.25, -0.2) is 0 Å². The summed E-state index contributed by atoms with van der Waals surface area (Å²) >= 11 is 0. The monoisotopic (exact) mass is 355 g/mol. The molecule has 2 unspecified atom stereocenters. The predicted molar refractivity (Wildman–Crippen MR) is 96.0 cm³/mol. The lowest BCUT2D eigenvalue weighted by atomic mass is 9.87. The van der Waals surface area contributed by atoms with Gasteiger partial charge in [0.25, 0.3) is 5.91 Å². The lowest BCUT2D eigenvalue weighted by Crippen LogP contribution is -2.39. The average molecular weight is 355 g/mol. The van der Waals surface area contributed by atoms with Crippen molar-refractivity contribution < 1.29 is 14.5 Å². The van der Waals surface area contributed by atoms with Gasteiger partial charge in [0.2, 0.25) is 5.75 Å². The van der Waals surface area contributed by atoms with Gasteiger partial charge >= 0.3 is 5.82 Å². The molecule has 1 aromatic heterocycles. The molecule has 1 aliphatic carbocycles. The molecular weight excluding hydrogens is 334 g/mol. The summed E-state index contributed by atoms with van der Waals surface area (Å²) < 4.78 is 5.54. The minimum atomic E-state index is -0.868. The molecule has 26 heavy (non-hydrogen) atoms. The van der Waals surface area contributed by atoms with Crippen LogP contribution in [0.25, 0.3) is 0 Å². The van der Waals surface area contributed by atoms with Crippen LogP contribution in [-0.4, -0.2) is 21.9 Å². The molecule has 0 bridgehead atoms. The highest BCUT2D eigenvalue weighted by molar-refractivity contribution is 5.81. The number of nitro groups is 1. The zero-order chi connectivity index (χ0) is 18.7. The Balaban J connectivity index is 1.71. The fourth-order valence-electron chi connectivity index (χ4n) is 3.19. The normalized spacial score (nSPS) is 17.1. The van der Waals surface area contributed by atoms with Gasteiger partial charge in [-0.3, -0.25) is 4.79 Å². The zero-order valence-corrected chi connectivity index (χ0v) is 14.8. The van der Waals surface area contributed by atoms with Crippen LogP contribution in [-0.2, 0) is 11.2 Å². The number of carbonyl (C=O) groups is 1. The Morgan fingerprint density at radius 1 is 1.35 bits per heavy atom. The van der Waals surface area contributed by atoms with Crippen LogP contribution in [0, 0.1) is 17.0 Å². The van der Waals surface area contributed by atoms with E-state index in [1.54, 1.807) is 19.9 Å². The fraction of sp³-hybridized carbons (Fsp3) is 0.368. The Morgan fingerprint density at radius 3 is 2.88 bits per heavy atom. The molecule has 2 aromatic rings. The first-order chi connectivity index (χ1) is 12.5. The van der Waals surface area contributed by atoms with E-state index < -0.39 is 11.0 Å². The summed E-state index contributed by atoms with van der Waals surface area (Å²) in [5.41, 5.74) is 2.89. The van der Waals surface area contributed by atoms with Crippen LogP contribution in [0.3, 0.4) is 0 Å². The minimum Gasteiger partial charge on any atom is -0.473 e. The number of hydrogen-bond acceptors (Lipinski definition) is 5. The number of aryl methyl sites for hydroxylation is 2. The first-order valence-corrected chi connectivity index (χ1v) is 8.62. The van der Waals surface area contributed by atoms with Crippen molar-refractivity contribution in [1.82, 2.24) is 10.3 Å². The quantitative estimate of drug-likeness (QED) is 0.656. The van der Waals surface area contributed by atoms with Gasteiger partial charge in [-0.1, -0.05) is 24.3 Å². The summed E-state index contributed by atoms with van der Waals surface area (Å²) in [4.78, 5) is 27.0. The van der Waals surface area contributed by atoms with E-state index in [1.165, 1.54) is 11.6 Å². The summed E-state index contributed by atoms with van der Waals surface area (Å²) in [6, 6.07) is 11.1. The lowest BCUT2D eigenvalue weighted by molar-refractivity contribution is -0.390. The molecule has 0 fully saturated rings. The Hall–Kier alpha value is -2.96. The molecule has 2 atom stereocenters. The molecule has 7 heteroatoms. The maximum absolute atomic E-state index is 12.5. The molecule has 1 aliphatic rings. The summed E-state index contributed by atoms with van der Waals surface area (Å²) in [7, 11) is 0. The van der Waals surface area contributed by atoms with Gasteiger partial charge in [0.15, 0.2) is 6.10 Å². The van der Waals surface area contributed by atoms with Crippen LogP contribution < -0.4 is 10.1 Å². The first-order valence-electron chi connectivity index (χ1n) is 8.62. The molecule has 7 nitrogen and oxygen atoms in total. The number of hydrogen-bond donors (Lipinski definition) is 1. The average Bonchev–Trinajstić information content (AvgIpc) is 2.63. The van der Waals surface area contributed by atoms with Gasteiger partial charge in [0.1, 0.15) is 5.69 Å². The van der Waals surface area contributed by atoms with Gasteiger partial charge in [0.05, 0.1) is 6.04 Å². The van der Waals surface area contributed by atoms with Crippen molar-refractivity contribution in [3.63, 3.8) is 0 Å². The second-order valence-corrected chi connectivity index (χ2v) is 6.44. The summed E-state index contributed by atoms with van der Waals surface area (Å²) in [6.45, 7) is 3.24. The first kappa shape index (κ1) is 17.8. The second-order valence-electron chi connectivity index (χ2n) is 6.44. The van der Waals surface area contributed by atoms with Crippen LogP contribution in [0.5, 0.6) is 5.75 Å². The van der Waals surface area contributed by atoms with E-state index in [2.05, 4.69) is 16.4 Å². The topological polar surface area (TPSA) is 94.4 Å². The molecule has 0 aliphatic heterocycles. The number of benzene rings is 1. The standard InChI is InChI=1S/C19H21N3O4/c1-12-10-11-17(18(20-12)22(24)25)26-13(2)19(23)21-16-9-5-7-14-6-3-4-8-15(14)16/h3-4,6,8,10-11,13,16H,5,7,9H2,1-2H3,(H,21,23). The SMILES string of the molecule is Cc1ccc(OC(C)C(=O)NC2CCCc3ccccc32)c([N+](=O)[O-])n1. The van der Waals surface area contributed by atoms with Gasteiger partial charge in [0, 0.05) is 6.92 Å². The molecule has 3 rings (SSSR count). The minimum absolute atomic E-state index is 0.00713. The number of nitrogens with zero attached hydrogens (tertiary/aromatic N) is 2. The molecule has 0 radical (unpaired) electrons. The number of fused-ring (bicyclic) bond motifs is 1. The van der Waals surface area contributed by atoms with E-state index in [0.29, 0.717) is 5.69 Å². The van der Waals surface area contributed by atoms with E-state index in [4.69, 9.17) is 4.74 Å². The molecule has 0 saturated heterocycles. The number of pyridine rings is 1. The predicted octanol–water partition coefficient (Wildman–Crippen LogP) is 3.26. The zero-order valence-electron chi connectivity index (χ0n) is 14.8. The van der Waals surface area contributed by atoms with Gasteiger partial charge in [-0.15, -0.1) is 0 Å². The van der Waals surface area contributed by atoms with Crippen LogP contribution in [0.15, 0.2) is 36.4 Å². The molecule has 0 spiro atoms. The van der Waals surface area contributed by atoms with Crippen LogP contribution >= 0.6 is 0 Å². The van der Waals surface area contributed by atoms with Gasteiger partial charge in [-0.2, -0.15) is 0 Å². The van der Waals surface area contributed by atoms with Crippen molar-refractivity contribution in [1.29, 1.82) is 0 Å². The molecular formula is C19H21N3O4. The third kappa shape index (κ3) is 3.82. The maximum Gasteiger partial charge on any atom is 0.406 e. The van der Waals surface area contributed by atoms with E-state index in [1.807, 2.05) is 18.2 Å². The van der Waals surface area contributed by atoms with Gasteiger partial charge < -0.3 is 20.2 Å². The van der Waals surface area contributed by atoms with Crippen molar-refractivity contribution in [2.75, 3.05) is 0 Å². The van der Waals surface area contributed by atoms with Gasteiger partial charge in [-0.05, 0) is 59.4 Å². The molecule has 1 aromatic carbocycles. The lowest BCUT2D eigenvalue weighted by Gasteiger charge is -2.27. The van der Waals surface area contributed by atoms with Crippen molar-refractivity contribution in [3.05, 3.63) is 63.3 Å². The van der Waals surface area contributed by atoms with Crippen LogP contribution in [0.2, 0.25) is 0 Å².